The topological polar surface area (TPSA) is 150 Å². The monoisotopic (exact) mass is 673 g/mol. The van der Waals surface area contributed by atoms with Crippen LogP contribution in [0.3, 0.4) is 0 Å². The minimum absolute atomic E-state index is 0.000981. The van der Waals surface area contributed by atoms with Crippen LogP contribution in [-0.4, -0.2) is 78.5 Å². The van der Waals surface area contributed by atoms with Gasteiger partial charge in [0.25, 0.3) is 0 Å². The Kier molecular flexibility index (Phi) is 11.7. The summed E-state index contributed by atoms with van der Waals surface area (Å²) in [6.07, 6.45) is 2.11. The first-order chi connectivity index (χ1) is 21.8. The molecule has 250 valence electrons. The van der Waals surface area contributed by atoms with Crippen molar-refractivity contribution in [1.29, 1.82) is 0 Å². The molecule has 0 bridgehead atoms. The summed E-state index contributed by atoms with van der Waals surface area (Å²) < 4.78 is 32.2. The van der Waals surface area contributed by atoms with Gasteiger partial charge in [-0.2, -0.15) is 4.99 Å². The van der Waals surface area contributed by atoms with Crippen molar-refractivity contribution in [2.75, 3.05) is 30.3 Å². The van der Waals surface area contributed by atoms with Gasteiger partial charge in [-0.1, -0.05) is 12.1 Å². The molecule has 1 saturated heterocycles. The molecule has 2 aliphatic heterocycles. The van der Waals surface area contributed by atoms with Crippen molar-refractivity contribution in [2.45, 2.75) is 94.3 Å². The summed E-state index contributed by atoms with van der Waals surface area (Å²) in [6.45, 7) is 10.7. The maximum Gasteiger partial charge on any atom is 0.303 e. The minimum atomic E-state index is -3.55. The number of sulfone groups is 1. The number of likely N-dealkylation sites (tertiary alicyclic amines) is 1. The number of amidine groups is 1. The molecule has 2 aliphatic rings. The number of halogens is 1. The molecule has 11 nitrogen and oxygen atoms in total. The van der Waals surface area contributed by atoms with E-state index in [0.29, 0.717) is 48.4 Å². The van der Waals surface area contributed by atoms with Gasteiger partial charge in [-0.3, -0.25) is 9.59 Å². The Labute approximate surface area is 276 Å². The van der Waals surface area contributed by atoms with E-state index in [2.05, 4.69) is 26.7 Å². The summed E-state index contributed by atoms with van der Waals surface area (Å²) in [7, 11) is -3.55. The van der Waals surface area contributed by atoms with Crippen molar-refractivity contribution >= 4 is 56.5 Å². The number of nitrogens with one attached hydrogen (secondary N) is 2. The Balaban J connectivity index is 1.52. The molecule has 2 heterocycles. The Morgan fingerprint density at radius 2 is 1.76 bits per heavy atom. The van der Waals surface area contributed by atoms with Gasteiger partial charge >= 0.3 is 5.97 Å². The molecule has 2 aromatic rings. The number of anilines is 2. The average Bonchev–Trinajstić information content (AvgIpc) is 3.00. The van der Waals surface area contributed by atoms with Crippen molar-refractivity contribution in [3.8, 4) is 5.75 Å². The van der Waals surface area contributed by atoms with Gasteiger partial charge < -0.3 is 25.4 Å². The predicted octanol–water partition coefficient (Wildman–Crippen LogP) is 5.82. The van der Waals surface area contributed by atoms with Crippen LogP contribution >= 0.6 is 11.6 Å². The number of carboxylic acids is 1. The van der Waals surface area contributed by atoms with E-state index in [1.165, 1.54) is 0 Å². The number of guanidine groups is 1. The first-order valence-corrected chi connectivity index (χ1v) is 17.7. The van der Waals surface area contributed by atoms with Crippen molar-refractivity contribution in [1.82, 2.24) is 4.90 Å². The molecule has 0 radical (unpaired) electrons. The number of ether oxygens (including phenoxy) is 1. The fraction of sp³-hybridized carbons (Fsp3) is 0.515. The zero-order chi connectivity index (χ0) is 33.6. The number of benzene rings is 2. The van der Waals surface area contributed by atoms with Gasteiger partial charge in [0.05, 0.1) is 34.2 Å². The summed E-state index contributed by atoms with van der Waals surface area (Å²) in [6, 6.07) is 10.8. The number of amides is 1. The number of carbonyl (C=O) groups is 2. The predicted molar refractivity (Wildman–Crippen MR) is 182 cm³/mol. The highest BCUT2D eigenvalue weighted by atomic mass is 35.5. The van der Waals surface area contributed by atoms with Gasteiger partial charge in [0.15, 0.2) is 9.84 Å². The first kappa shape index (κ1) is 35.2. The van der Waals surface area contributed by atoms with Crippen LogP contribution in [0.15, 0.2) is 51.3 Å². The van der Waals surface area contributed by atoms with Crippen LogP contribution < -0.4 is 15.4 Å². The van der Waals surface area contributed by atoms with E-state index in [9.17, 15) is 18.0 Å². The molecule has 0 aliphatic carbocycles. The maximum absolute atomic E-state index is 13.0. The van der Waals surface area contributed by atoms with Crippen LogP contribution in [0.4, 0.5) is 11.4 Å². The van der Waals surface area contributed by atoms with Gasteiger partial charge in [-0.05, 0) is 95.2 Å². The number of hydrogen-bond donors (Lipinski definition) is 3. The zero-order valence-electron chi connectivity index (χ0n) is 27.0. The molecule has 0 aromatic heterocycles. The maximum atomic E-state index is 13.0. The average molecular weight is 674 g/mol. The van der Waals surface area contributed by atoms with Crippen LogP contribution in [0.5, 0.6) is 5.75 Å². The highest BCUT2D eigenvalue weighted by Crippen LogP contribution is 2.37. The summed E-state index contributed by atoms with van der Waals surface area (Å²) in [5, 5.41) is 14.1. The lowest BCUT2D eigenvalue weighted by atomic mass is 9.86. The number of rotatable bonds is 11. The highest BCUT2D eigenvalue weighted by molar-refractivity contribution is 7.92. The summed E-state index contributed by atoms with van der Waals surface area (Å²) in [5.41, 5.74) is 3.31. The highest BCUT2D eigenvalue weighted by Gasteiger charge is 2.28. The fourth-order valence-corrected chi connectivity index (χ4v) is 6.93. The first-order valence-electron chi connectivity index (χ1n) is 15.7. The van der Waals surface area contributed by atoms with E-state index in [-0.39, 0.29) is 42.2 Å². The summed E-state index contributed by atoms with van der Waals surface area (Å²) >= 11 is 6.58. The molecular formula is C33H44ClN5O6S. The van der Waals surface area contributed by atoms with Crippen LogP contribution in [0, 0.1) is 6.92 Å². The standard InChI is InChI=1S/C33H44ClN5O6S/c1-20(2)45-28-18-24(23-13-15-39(16-14-23)30(40)11-8-12-31(41)42)22(5)17-27(28)37-33-35-19-25(34)32(38-33)36-26-9-6-7-10-29(26)46(43,44)21(3)4/h6-7,9-10,17-18,20-21,23,25H,8,11-16,19H2,1-5H3,(H,41,42)(H2,35,36,37,38). The molecule has 0 saturated carbocycles. The second-order valence-electron chi connectivity index (χ2n) is 12.2. The number of aliphatic carboxylic acids is 1. The van der Waals surface area contributed by atoms with Crippen LogP contribution in [0.2, 0.25) is 0 Å². The molecule has 0 spiro atoms. The molecule has 1 fully saturated rings. The molecule has 3 N–H and O–H groups in total. The van der Waals surface area contributed by atoms with E-state index in [4.69, 9.17) is 21.4 Å². The molecule has 46 heavy (non-hydrogen) atoms. The van der Waals surface area contributed by atoms with Gasteiger partial charge in [-0.25, -0.2) is 13.4 Å². The SMILES string of the molecule is Cc1cc(NC2=NCC(Cl)C(Nc3ccccc3S(=O)(=O)C(C)C)=N2)c(OC(C)C)cc1C1CCN(C(=O)CCCC(=O)O)CC1. The Bertz CT molecular complexity index is 1600. The summed E-state index contributed by atoms with van der Waals surface area (Å²) in [4.78, 5) is 34.5. The van der Waals surface area contributed by atoms with Gasteiger partial charge in [0.2, 0.25) is 11.9 Å². The van der Waals surface area contributed by atoms with Crippen molar-refractivity contribution in [2.24, 2.45) is 9.98 Å². The largest absolute Gasteiger partial charge is 0.489 e. The number of carboxylic acid groups (broad SMARTS) is 1. The lowest BCUT2D eigenvalue weighted by Gasteiger charge is -2.33. The van der Waals surface area contributed by atoms with E-state index >= 15 is 0 Å². The third-order valence-electron chi connectivity index (χ3n) is 8.05. The van der Waals surface area contributed by atoms with E-state index in [1.54, 1.807) is 38.1 Å². The van der Waals surface area contributed by atoms with Crippen LogP contribution in [0.1, 0.15) is 76.8 Å². The number of carbonyl (C=O) groups excluding carboxylic acids is 1. The number of hydrogen-bond acceptors (Lipinski definition) is 9. The smallest absolute Gasteiger partial charge is 0.303 e. The Hall–Kier alpha value is -3.64. The Morgan fingerprint density at radius 3 is 2.41 bits per heavy atom. The fourth-order valence-electron chi connectivity index (χ4n) is 5.56. The third kappa shape index (κ3) is 8.79. The number of piperidine rings is 1. The summed E-state index contributed by atoms with van der Waals surface area (Å²) in [5.74, 6) is 0.714. The second kappa shape index (κ2) is 15.3. The second-order valence-corrected chi connectivity index (χ2v) is 15.2. The van der Waals surface area contributed by atoms with E-state index in [1.807, 2.05) is 31.7 Å². The molecule has 2 aromatic carbocycles. The van der Waals surface area contributed by atoms with Gasteiger partial charge in [0.1, 0.15) is 17.0 Å². The lowest BCUT2D eigenvalue weighted by Crippen LogP contribution is -2.38. The minimum Gasteiger partial charge on any atom is -0.489 e. The molecule has 1 amide bonds. The van der Waals surface area contributed by atoms with Crippen LogP contribution in [0.25, 0.3) is 0 Å². The number of aryl methyl sites for hydroxylation is 1. The number of nitrogens with zero attached hydrogens (tertiary/aromatic N) is 3. The van der Waals surface area contributed by atoms with Crippen LogP contribution in [-0.2, 0) is 19.4 Å². The number of alkyl halides is 1. The quantitative estimate of drug-likeness (QED) is 0.253. The number of aliphatic imine (C=N–C) groups is 2. The van der Waals surface area contributed by atoms with Gasteiger partial charge in [-0.15, -0.1) is 11.6 Å². The van der Waals surface area contributed by atoms with Gasteiger partial charge in [0, 0.05) is 25.9 Å². The van der Waals surface area contributed by atoms with E-state index < -0.39 is 26.4 Å². The van der Waals surface area contributed by atoms with Crippen molar-refractivity contribution < 1.29 is 27.9 Å². The lowest BCUT2D eigenvalue weighted by molar-refractivity contribution is -0.137. The Morgan fingerprint density at radius 1 is 1.07 bits per heavy atom. The van der Waals surface area contributed by atoms with Crippen molar-refractivity contribution in [3.05, 3.63) is 47.5 Å². The zero-order valence-corrected chi connectivity index (χ0v) is 28.6. The third-order valence-corrected chi connectivity index (χ3v) is 10.6. The normalized spacial score (nSPS) is 17.5. The molecule has 4 rings (SSSR count). The molecular weight excluding hydrogens is 630 g/mol. The van der Waals surface area contributed by atoms with Crippen molar-refractivity contribution in [3.63, 3.8) is 0 Å². The number of para-hydroxylation sites is 1. The molecule has 1 atom stereocenters. The van der Waals surface area contributed by atoms with E-state index in [0.717, 1.165) is 24.0 Å². The molecule has 1 unspecified atom stereocenters. The molecule has 13 heteroatoms.